The lowest BCUT2D eigenvalue weighted by molar-refractivity contribution is -0.134. The summed E-state index contributed by atoms with van der Waals surface area (Å²) in [6.45, 7) is 3.75. The molecule has 0 N–H and O–H groups in total. The Hall–Kier alpha value is -1.75. The lowest BCUT2D eigenvalue weighted by atomic mass is 9.95. The molecule has 0 unspecified atom stereocenters. The first-order valence-corrected chi connectivity index (χ1v) is 8.30. The molecule has 0 radical (unpaired) electrons. The highest BCUT2D eigenvalue weighted by Crippen LogP contribution is 2.19. The van der Waals surface area contributed by atoms with E-state index in [1.165, 1.54) is 0 Å². The monoisotopic (exact) mass is 320 g/mol. The number of ether oxygens (including phenoxy) is 2. The average Bonchev–Trinajstić information content (AvgIpc) is 2.59. The molecule has 1 aliphatic rings. The Bertz CT molecular complexity index is 480. The molecule has 1 aliphatic heterocycles. The molecule has 1 amide bonds. The number of carbonyl (C=O) groups is 1. The van der Waals surface area contributed by atoms with Crippen molar-refractivity contribution in [3.8, 4) is 11.5 Å². The molecule has 0 saturated carbocycles. The third-order valence-electron chi connectivity index (χ3n) is 4.32. The van der Waals surface area contributed by atoms with Crippen molar-refractivity contribution in [3.63, 3.8) is 0 Å². The second kappa shape index (κ2) is 8.77. The van der Waals surface area contributed by atoms with Gasteiger partial charge < -0.3 is 19.3 Å². The summed E-state index contributed by atoms with van der Waals surface area (Å²) in [4.78, 5) is 16.1. The van der Waals surface area contributed by atoms with E-state index in [1.807, 2.05) is 38.4 Å². The number of amides is 1. The summed E-state index contributed by atoms with van der Waals surface area (Å²) in [5.74, 6) is 2.19. The number of likely N-dealkylation sites (tertiary alicyclic amines) is 1. The number of carbonyl (C=O) groups excluding carboxylic acids is 1. The Balaban J connectivity index is 1.61. The van der Waals surface area contributed by atoms with Crippen molar-refractivity contribution in [1.29, 1.82) is 0 Å². The molecule has 1 aromatic rings. The van der Waals surface area contributed by atoms with Crippen LogP contribution in [0.15, 0.2) is 24.3 Å². The summed E-state index contributed by atoms with van der Waals surface area (Å²) in [6.07, 6.45) is 2.94. The lowest BCUT2D eigenvalue weighted by Crippen LogP contribution is -2.40. The van der Waals surface area contributed by atoms with Crippen LogP contribution in [0.5, 0.6) is 11.5 Å². The fraction of sp³-hybridized carbons (Fsp3) is 0.611. The van der Waals surface area contributed by atoms with E-state index in [0.29, 0.717) is 6.61 Å². The van der Waals surface area contributed by atoms with Crippen molar-refractivity contribution in [2.24, 2.45) is 5.92 Å². The van der Waals surface area contributed by atoms with Gasteiger partial charge in [-0.3, -0.25) is 4.79 Å². The molecular formula is C18H28N2O3. The van der Waals surface area contributed by atoms with E-state index in [9.17, 15) is 4.79 Å². The zero-order valence-electron chi connectivity index (χ0n) is 14.5. The van der Waals surface area contributed by atoms with E-state index in [1.54, 1.807) is 12.0 Å². The van der Waals surface area contributed by atoms with Crippen LogP contribution in [0.2, 0.25) is 0 Å². The number of nitrogens with zero attached hydrogens (tertiary/aromatic N) is 2. The number of hydrogen-bond acceptors (Lipinski definition) is 4. The second-order valence-electron chi connectivity index (χ2n) is 6.23. The van der Waals surface area contributed by atoms with Gasteiger partial charge in [-0.25, -0.2) is 0 Å². The van der Waals surface area contributed by atoms with Gasteiger partial charge >= 0.3 is 0 Å². The summed E-state index contributed by atoms with van der Waals surface area (Å²) in [7, 11) is 5.33. The summed E-state index contributed by atoms with van der Waals surface area (Å²) in [5.41, 5.74) is 0. The maximum atomic E-state index is 11.9. The Morgan fingerprint density at radius 3 is 2.35 bits per heavy atom. The summed E-state index contributed by atoms with van der Waals surface area (Å²) in [6, 6.07) is 7.66. The first-order valence-electron chi connectivity index (χ1n) is 8.30. The van der Waals surface area contributed by atoms with Crippen molar-refractivity contribution in [1.82, 2.24) is 9.80 Å². The molecule has 1 aromatic carbocycles. The Morgan fingerprint density at radius 1 is 1.17 bits per heavy atom. The molecule has 1 fully saturated rings. The molecule has 5 heteroatoms. The predicted molar refractivity (Wildman–Crippen MR) is 91.0 cm³/mol. The smallest absolute Gasteiger partial charge is 0.225 e. The van der Waals surface area contributed by atoms with Gasteiger partial charge in [0, 0.05) is 26.6 Å². The van der Waals surface area contributed by atoms with Crippen LogP contribution in [0.25, 0.3) is 0 Å². The maximum Gasteiger partial charge on any atom is 0.225 e. The van der Waals surface area contributed by atoms with E-state index >= 15 is 0 Å². The highest BCUT2D eigenvalue weighted by atomic mass is 16.5. The minimum atomic E-state index is 0.205. The van der Waals surface area contributed by atoms with E-state index in [4.69, 9.17) is 9.47 Å². The highest BCUT2D eigenvalue weighted by molar-refractivity contribution is 5.78. The first kappa shape index (κ1) is 17.6. The van der Waals surface area contributed by atoms with Gasteiger partial charge in [0.1, 0.15) is 11.5 Å². The van der Waals surface area contributed by atoms with Crippen LogP contribution >= 0.6 is 0 Å². The average molecular weight is 320 g/mol. The molecule has 128 valence electrons. The van der Waals surface area contributed by atoms with E-state index in [-0.39, 0.29) is 11.8 Å². The lowest BCUT2D eigenvalue weighted by Gasteiger charge is -2.32. The normalized spacial score (nSPS) is 16.1. The summed E-state index contributed by atoms with van der Waals surface area (Å²) >= 11 is 0. The van der Waals surface area contributed by atoms with Crippen molar-refractivity contribution in [2.75, 3.05) is 47.4 Å². The standard InChI is InChI=1S/C18H28N2O3/c1-19(2)18(21)15-9-12-20(13-10-15)11-4-14-23-17-7-5-16(22-3)6-8-17/h5-8,15H,4,9-14H2,1-3H3. The third kappa shape index (κ3) is 5.43. The zero-order valence-corrected chi connectivity index (χ0v) is 14.5. The fourth-order valence-electron chi connectivity index (χ4n) is 2.92. The number of piperidine rings is 1. The molecule has 0 spiro atoms. The van der Waals surface area contributed by atoms with Gasteiger partial charge in [0.15, 0.2) is 0 Å². The first-order chi connectivity index (χ1) is 11.1. The second-order valence-corrected chi connectivity index (χ2v) is 6.23. The zero-order chi connectivity index (χ0) is 16.7. The number of benzene rings is 1. The SMILES string of the molecule is COc1ccc(OCCCN2CCC(C(=O)N(C)C)CC2)cc1. The van der Waals surface area contributed by atoms with Gasteiger partial charge in [-0.15, -0.1) is 0 Å². The van der Waals surface area contributed by atoms with Gasteiger partial charge in [0.25, 0.3) is 0 Å². The van der Waals surface area contributed by atoms with Crippen molar-refractivity contribution in [3.05, 3.63) is 24.3 Å². The molecule has 5 nitrogen and oxygen atoms in total. The van der Waals surface area contributed by atoms with Crippen molar-refractivity contribution in [2.45, 2.75) is 19.3 Å². The molecule has 0 aromatic heterocycles. The van der Waals surface area contributed by atoms with E-state index < -0.39 is 0 Å². The number of methoxy groups -OCH3 is 1. The van der Waals surface area contributed by atoms with Crippen LogP contribution in [0.3, 0.4) is 0 Å². The van der Waals surface area contributed by atoms with E-state index in [2.05, 4.69) is 4.90 Å². The predicted octanol–water partition coefficient (Wildman–Crippen LogP) is 2.26. The maximum absolute atomic E-state index is 11.9. The molecule has 0 atom stereocenters. The molecule has 1 heterocycles. The van der Waals surface area contributed by atoms with Gasteiger partial charge in [0.05, 0.1) is 13.7 Å². The van der Waals surface area contributed by atoms with E-state index in [0.717, 1.165) is 50.4 Å². The van der Waals surface area contributed by atoms with Crippen LogP contribution in [-0.4, -0.2) is 63.2 Å². The summed E-state index contributed by atoms with van der Waals surface area (Å²) < 4.78 is 10.9. The van der Waals surface area contributed by atoms with Crippen LogP contribution in [-0.2, 0) is 4.79 Å². The minimum absolute atomic E-state index is 0.205. The Labute approximate surface area is 139 Å². The molecule has 1 saturated heterocycles. The van der Waals surface area contributed by atoms with Crippen molar-refractivity contribution >= 4 is 5.91 Å². The van der Waals surface area contributed by atoms with Gasteiger partial charge in [-0.05, 0) is 56.6 Å². The fourth-order valence-corrected chi connectivity index (χ4v) is 2.92. The largest absolute Gasteiger partial charge is 0.497 e. The number of hydrogen-bond donors (Lipinski definition) is 0. The Morgan fingerprint density at radius 2 is 1.78 bits per heavy atom. The van der Waals surface area contributed by atoms with Gasteiger partial charge in [-0.2, -0.15) is 0 Å². The van der Waals surface area contributed by atoms with Gasteiger partial charge in [0.2, 0.25) is 5.91 Å². The Kier molecular flexibility index (Phi) is 6.71. The highest BCUT2D eigenvalue weighted by Gasteiger charge is 2.25. The summed E-state index contributed by atoms with van der Waals surface area (Å²) in [5, 5.41) is 0. The quantitative estimate of drug-likeness (QED) is 0.723. The molecule has 0 bridgehead atoms. The minimum Gasteiger partial charge on any atom is -0.497 e. The van der Waals surface area contributed by atoms with Gasteiger partial charge in [-0.1, -0.05) is 0 Å². The van der Waals surface area contributed by atoms with Crippen LogP contribution in [0.4, 0.5) is 0 Å². The molecule has 23 heavy (non-hydrogen) atoms. The van der Waals surface area contributed by atoms with Crippen molar-refractivity contribution < 1.29 is 14.3 Å². The van der Waals surface area contributed by atoms with Crippen LogP contribution in [0, 0.1) is 5.92 Å². The number of rotatable bonds is 7. The van der Waals surface area contributed by atoms with Crippen LogP contribution in [0.1, 0.15) is 19.3 Å². The molecular weight excluding hydrogens is 292 g/mol. The van der Waals surface area contributed by atoms with Crippen LogP contribution < -0.4 is 9.47 Å². The molecule has 2 rings (SSSR count). The third-order valence-corrected chi connectivity index (χ3v) is 4.32. The molecule has 0 aliphatic carbocycles. The topological polar surface area (TPSA) is 42.0 Å².